The Labute approximate surface area is 130 Å². The molecule has 1 saturated carbocycles. The van der Waals surface area contributed by atoms with E-state index in [4.69, 9.17) is 10.3 Å². The summed E-state index contributed by atoms with van der Waals surface area (Å²) >= 11 is 0. The van der Waals surface area contributed by atoms with Gasteiger partial charge in [-0.15, -0.1) is 0 Å². The molecule has 0 spiro atoms. The number of nitrogens with two attached hydrogens (primary N) is 1. The Hall–Kier alpha value is -2.14. The molecule has 22 heavy (non-hydrogen) atoms. The molecule has 2 aromatic rings. The monoisotopic (exact) mass is 299 g/mol. The minimum atomic E-state index is -0.1000. The van der Waals surface area contributed by atoms with Crippen molar-refractivity contribution in [2.75, 3.05) is 19.6 Å². The fourth-order valence-corrected chi connectivity index (χ4v) is 2.49. The Bertz CT molecular complexity index is 620. The molecule has 1 fully saturated rings. The zero-order valence-electron chi connectivity index (χ0n) is 12.6. The van der Waals surface area contributed by atoms with Crippen molar-refractivity contribution in [3.8, 4) is 0 Å². The lowest BCUT2D eigenvalue weighted by Crippen LogP contribution is -2.37. The lowest BCUT2D eigenvalue weighted by atomic mass is 10.1. The number of benzene rings is 1. The van der Waals surface area contributed by atoms with Crippen molar-refractivity contribution < 1.29 is 9.32 Å². The maximum atomic E-state index is 12.6. The molecule has 0 radical (unpaired) electrons. The molecule has 0 saturated heterocycles. The van der Waals surface area contributed by atoms with Gasteiger partial charge in [0.1, 0.15) is 5.76 Å². The maximum absolute atomic E-state index is 12.6. The molecule has 1 heterocycles. The number of nitrogens with zero attached hydrogens (tertiary/aromatic N) is 2. The van der Waals surface area contributed by atoms with Crippen molar-refractivity contribution in [3.63, 3.8) is 0 Å². The fraction of sp³-hybridized carbons (Fsp3) is 0.412. The molecule has 116 valence electrons. The van der Waals surface area contributed by atoms with Crippen LogP contribution >= 0.6 is 0 Å². The van der Waals surface area contributed by atoms with Gasteiger partial charge in [-0.05, 0) is 24.8 Å². The number of amides is 1. The SMILES string of the molecule is NCCN(CCc1ccccc1)C(=O)c1cc(C2CC2)on1. The quantitative estimate of drug-likeness (QED) is 0.850. The molecule has 1 aromatic carbocycles. The van der Waals surface area contributed by atoms with Crippen LogP contribution in [0.1, 0.15) is 40.6 Å². The van der Waals surface area contributed by atoms with E-state index in [9.17, 15) is 4.79 Å². The Kier molecular flexibility index (Phi) is 4.53. The van der Waals surface area contributed by atoms with Crippen LogP contribution in [0.3, 0.4) is 0 Å². The molecule has 0 aliphatic heterocycles. The highest BCUT2D eigenvalue weighted by Gasteiger charge is 2.29. The van der Waals surface area contributed by atoms with E-state index in [0.717, 1.165) is 25.0 Å². The fourth-order valence-electron chi connectivity index (χ4n) is 2.49. The average Bonchev–Trinajstić information content (AvgIpc) is 3.29. The lowest BCUT2D eigenvalue weighted by molar-refractivity contribution is 0.0751. The predicted octanol–water partition coefficient (Wildman–Crippen LogP) is 2.20. The van der Waals surface area contributed by atoms with E-state index in [1.807, 2.05) is 18.2 Å². The first kappa shape index (κ1) is 14.8. The zero-order valence-corrected chi connectivity index (χ0v) is 12.6. The Balaban J connectivity index is 1.64. The molecule has 5 nitrogen and oxygen atoms in total. The van der Waals surface area contributed by atoms with Gasteiger partial charge in [-0.3, -0.25) is 4.79 Å². The summed E-state index contributed by atoms with van der Waals surface area (Å²) in [6.07, 6.45) is 3.06. The average molecular weight is 299 g/mol. The van der Waals surface area contributed by atoms with Crippen molar-refractivity contribution in [2.24, 2.45) is 5.73 Å². The van der Waals surface area contributed by atoms with Gasteiger partial charge >= 0.3 is 0 Å². The van der Waals surface area contributed by atoms with E-state index < -0.39 is 0 Å². The molecule has 1 aliphatic rings. The number of carbonyl (C=O) groups is 1. The minimum absolute atomic E-state index is 0.1000. The number of hydrogen-bond donors (Lipinski definition) is 1. The third-order valence-electron chi connectivity index (χ3n) is 3.93. The van der Waals surface area contributed by atoms with Crippen molar-refractivity contribution in [1.29, 1.82) is 0 Å². The lowest BCUT2D eigenvalue weighted by Gasteiger charge is -2.20. The van der Waals surface area contributed by atoms with Crippen LogP contribution in [0, 0.1) is 0 Å². The molecule has 2 N–H and O–H groups in total. The maximum Gasteiger partial charge on any atom is 0.276 e. The number of aromatic nitrogens is 1. The molecule has 3 rings (SSSR count). The van der Waals surface area contributed by atoms with Crippen LogP contribution in [0.25, 0.3) is 0 Å². The van der Waals surface area contributed by atoms with Gasteiger partial charge in [-0.2, -0.15) is 0 Å². The summed E-state index contributed by atoms with van der Waals surface area (Å²) in [5.41, 5.74) is 7.24. The van der Waals surface area contributed by atoms with Crippen molar-refractivity contribution >= 4 is 5.91 Å². The molecule has 1 aromatic heterocycles. The van der Waals surface area contributed by atoms with Gasteiger partial charge < -0.3 is 15.2 Å². The highest BCUT2D eigenvalue weighted by atomic mass is 16.5. The topological polar surface area (TPSA) is 72.4 Å². The van der Waals surface area contributed by atoms with Crippen LogP contribution < -0.4 is 5.73 Å². The Morgan fingerprint density at radius 2 is 2.05 bits per heavy atom. The van der Waals surface area contributed by atoms with Crippen LogP contribution in [0.2, 0.25) is 0 Å². The van der Waals surface area contributed by atoms with Gasteiger partial charge in [0.15, 0.2) is 5.69 Å². The Morgan fingerprint density at radius 3 is 2.73 bits per heavy atom. The predicted molar refractivity (Wildman–Crippen MR) is 83.6 cm³/mol. The van der Waals surface area contributed by atoms with Crippen LogP contribution in [-0.2, 0) is 6.42 Å². The van der Waals surface area contributed by atoms with E-state index in [0.29, 0.717) is 31.2 Å². The number of carbonyl (C=O) groups excluding carboxylic acids is 1. The summed E-state index contributed by atoms with van der Waals surface area (Å²) in [7, 11) is 0. The normalized spacial score (nSPS) is 14.0. The second-order valence-electron chi connectivity index (χ2n) is 5.71. The number of hydrogen-bond acceptors (Lipinski definition) is 4. The standard InChI is InChI=1S/C17H21N3O2/c18-9-11-20(10-8-13-4-2-1-3-5-13)17(21)15-12-16(22-19-15)14-6-7-14/h1-5,12,14H,6-11,18H2. The van der Waals surface area contributed by atoms with Crippen LogP contribution in [0.4, 0.5) is 0 Å². The van der Waals surface area contributed by atoms with Gasteiger partial charge in [0, 0.05) is 31.6 Å². The summed E-state index contributed by atoms with van der Waals surface area (Å²) in [6, 6.07) is 11.9. The summed E-state index contributed by atoms with van der Waals surface area (Å²) in [5.74, 6) is 1.19. The van der Waals surface area contributed by atoms with Crippen molar-refractivity contribution in [2.45, 2.75) is 25.2 Å². The molecule has 0 atom stereocenters. The van der Waals surface area contributed by atoms with Gasteiger partial charge in [-0.1, -0.05) is 35.5 Å². The number of rotatable bonds is 7. The Morgan fingerprint density at radius 1 is 1.27 bits per heavy atom. The van der Waals surface area contributed by atoms with E-state index in [2.05, 4.69) is 17.3 Å². The zero-order chi connectivity index (χ0) is 15.4. The van der Waals surface area contributed by atoms with Crippen LogP contribution in [0.15, 0.2) is 40.9 Å². The third-order valence-corrected chi connectivity index (χ3v) is 3.93. The van der Waals surface area contributed by atoms with E-state index in [1.54, 1.807) is 11.0 Å². The second kappa shape index (κ2) is 6.75. The summed E-state index contributed by atoms with van der Waals surface area (Å²) < 4.78 is 5.27. The van der Waals surface area contributed by atoms with Gasteiger partial charge in [0.25, 0.3) is 5.91 Å². The molecule has 0 bridgehead atoms. The molecular formula is C17H21N3O2. The van der Waals surface area contributed by atoms with E-state index in [-0.39, 0.29) is 5.91 Å². The van der Waals surface area contributed by atoms with Crippen LogP contribution in [0.5, 0.6) is 0 Å². The van der Waals surface area contributed by atoms with Gasteiger partial charge in [-0.25, -0.2) is 0 Å². The van der Waals surface area contributed by atoms with Crippen molar-refractivity contribution in [3.05, 3.63) is 53.4 Å². The first-order valence-corrected chi connectivity index (χ1v) is 7.78. The first-order chi connectivity index (χ1) is 10.8. The molecule has 5 heteroatoms. The molecule has 1 aliphatic carbocycles. The minimum Gasteiger partial charge on any atom is -0.360 e. The molecular weight excluding hydrogens is 278 g/mol. The van der Waals surface area contributed by atoms with E-state index >= 15 is 0 Å². The summed E-state index contributed by atoms with van der Waals surface area (Å²) in [4.78, 5) is 14.3. The highest BCUT2D eigenvalue weighted by molar-refractivity contribution is 5.92. The van der Waals surface area contributed by atoms with Gasteiger partial charge in [0.2, 0.25) is 0 Å². The second-order valence-corrected chi connectivity index (χ2v) is 5.71. The largest absolute Gasteiger partial charge is 0.360 e. The molecule has 1 amide bonds. The smallest absolute Gasteiger partial charge is 0.276 e. The van der Waals surface area contributed by atoms with Crippen molar-refractivity contribution in [1.82, 2.24) is 10.1 Å². The summed E-state index contributed by atoms with van der Waals surface area (Å²) in [6.45, 7) is 1.59. The summed E-state index contributed by atoms with van der Waals surface area (Å²) in [5, 5.41) is 3.93. The highest BCUT2D eigenvalue weighted by Crippen LogP contribution is 2.40. The molecule has 0 unspecified atom stereocenters. The van der Waals surface area contributed by atoms with Crippen LogP contribution in [-0.4, -0.2) is 35.6 Å². The van der Waals surface area contributed by atoms with E-state index in [1.165, 1.54) is 5.56 Å². The third kappa shape index (κ3) is 3.54. The van der Waals surface area contributed by atoms with Gasteiger partial charge in [0.05, 0.1) is 0 Å². The first-order valence-electron chi connectivity index (χ1n) is 7.78.